The summed E-state index contributed by atoms with van der Waals surface area (Å²) in [5.41, 5.74) is -0.615. The van der Waals surface area contributed by atoms with E-state index in [1.807, 2.05) is 20.8 Å². The highest BCUT2D eigenvalue weighted by Gasteiger charge is 2.35. The minimum absolute atomic E-state index is 0. The van der Waals surface area contributed by atoms with Crippen molar-refractivity contribution in [3.05, 3.63) is 40.9 Å². The SMILES string of the molecule is C.C.C1CCC(NC2CCCCC2)CC1.CC(C)(C)OC(=O)N1C=CC[C@H]1C(=O)O.CCOC(C)=O.CN1CCOCC1.COc1nc(C)nc(Cl)n1.COc1nc(C)nc(N2CCOCC2)n1.COc1nc(C)nc([N+]2(C)CCOCC2)n1.COc1nc(C)nc([N+]2(C)CCOCC2)n1.[2H]CC[3H].[Cl-].[Cl-]. The molecule has 0 aromatic carbocycles. The quantitative estimate of drug-likeness (QED) is 0.161. The van der Waals surface area contributed by atoms with Crippen molar-refractivity contribution in [2.24, 2.45) is 0 Å². The van der Waals surface area contributed by atoms with Crippen LogP contribution in [0, 0.1) is 27.7 Å². The number of hydrogen-bond donors (Lipinski definition) is 2. The first-order valence-corrected chi connectivity index (χ1v) is 34.6. The number of anilines is 1. The molecule has 2 N–H and O–H groups in total. The summed E-state index contributed by atoms with van der Waals surface area (Å²) in [7, 11) is 12.5. The van der Waals surface area contributed by atoms with E-state index in [-0.39, 0.29) is 70.7 Å². The molecule has 2 saturated carbocycles. The number of ether oxygens (including phenoxy) is 10. The number of carbonyl (C=O) groups excluding carboxylic acids is 2. The molecule has 0 bridgehead atoms. The number of morpholine rings is 4. The zero-order chi connectivity index (χ0) is 75.5. The van der Waals surface area contributed by atoms with E-state index < -0.39 is 23.7 Å². The minimum Gasteiger partial charge on any atom is -1.00 e. The number of nitrogens with one attached hydrogen (secondary N) is 1. The van der Waals surface area contributed by atoms with Crippen molar-refractivity contribution in [2.75, 3.05) is 166 Å². The standard InChI is InChI=1S/C12H23N.2C10H17N4O2.C10H15NO4.C9H14N4O2.C5H6ClN3O.C5H11NO.C4H8O2.C2H6.2CH4.2ClH/c1-3-7-11(8-4-1)13-12-9-5-2-6-10-12;2*1-8-11-9(13-10(12-8)15-3)14(2)4-6-16-7-5-14;1-10(2,3)15-9(14)11-6-4-5-7(11)8(12)13;1-7-10-8(12-9(11-7)14-2)13-3-5-15-6-4-13;1-3-7-4(6)9-5(8-3)10-2;1-6-2-4-7-5-3-6;1-3-6-4(2)5;1-2;;;;/h11-13H,1-10H2;2*4-7H2,1-3H3;4,6-7H,5H2,1-3H3,(H,12,13);3-6H2,1-2H3;1-2H3;2-5H2,1H3;3H2,1-2H3;1-2H3;2*1H4;2*1H/q;2*+1;;;;;;;;;;/p-2/t;;;7-;;;;;;;;;/m...0........./s1/i;;;;;;;;1D,2T;;;;. The van der Waals surface area contributed by atoms with E-state index in [1.54, 1.807) is 62.0 Å². The Morgan fingerprint density at radius 3 is 1.36 bits per heavy atom. The molecule has 0 unspecified atom stereocenters. The lowest BCUT2D eigenvalue weighted by atomic mass is 9.91. The second-order valence-corrected chi connectivity index (χ2v) is 25.5. The number of quaternary nitrogens is 2. The van der Waals surface area contributed by atoms with Crippen LogP contribution in [0.3, 0.4) is 0 Å². The van der Waals surface area contributed by atoms with Gasteiger partial charge in [-0.15, -0.1) is 9.97 Å². The van der Waals surface area contributed by atoms with Gasteiger partial charge in [-0.05, 0) is 106 Å². The van der Waals surface area contributed by atoms with E-state index in [0.29, 0.717) is 82.5 Å². The summed E-state index contributed by atoms with van der Waals surface area (Å²) in [6.07, 6.45) is 17.4. The van der Waals surface area contributed by atoms with E-state index in [1.165, 1.54) is 84.4 Å². The number of amides is 1. The van der Waals surface area contributed by atoms with Crippen LogP contribution in [0.4, 0.5) is 22.6 Å². The van der Waals surface area contributed by atoms with Gasteiger partial charge in [-0.3, -0.25) is 18.7 Å². The first kappa shape index (κ1) is 95.6. The molecular formula is C69H125Cl3N18O14. The summed E-state index contributed by atoms with van der Waals surface area (Å²) in [4.78, 5) is 87.0. The molecule has 4 saturated heterocycles. The Bertz CT molecular complexity index is 2950. The molecule has 104 heavy (non-hydrogen) atoms. The maximum absolute atomic E-state index is 11.6. The highest BCUT2D eigenvalue weighted by atomic mass is 35.5. The van der Waals surface area contributed by atoms with Crippen molar-refractivity contribution in [3.8, 4) is 24.0 Å². The van der Waals surface area contributed by atoms with Crippen LogP contribution >= 0.6 is 11.6 Å². The van der Waals surface area contributed by atoms with Crippen LogP contribution in [0.2, 0.25) is 5.28 Å². The van der Waals surface area contributed by atoms with Crippen molar-refractivity contribution in [3.63, 3.8) is 0 Å². The van der Waals surface area contributed by atoms with Gasteiger partial charge in [-0.2, -0.15) is 44.9 Å². The first-order valence-electron chi connectivity index (χ1n) is 35.6. The molecule has 596 valence electrons. The highest BCUT2D eigenvalue weighted by molar-refractivity contribution is 6.28. The van der Waals surface area contributed by atoms with Crippen LogP contribution in [-0.2, 0) is 38.0 Å². The third-order valence-electron chi connectivity index (χ3n) is 15.9. The van der Waals surface area contributed by atoms with E-state index in [9.17, 15) is 14.4 Å². The summed E-state index contributed by atoms with van der Waals surface area (Å²) < 4.78 is 64.3. The Kier molecular flexibility index (Phi) is 49.8. The second kappa shape index (κ2) is 54.2. The summed E-state index contributed by atoms with van der Waals surface area (Å²) in [5, 5.41) is 12.9. The summed E-state index contributed by atoms with van der Waals surface area (Å²) >= 11 is 5.49. The maximum Gasteiger partial charge on any atom is 0.415 e. The highest BCUT2D eigenvalue weighted by Crippen LogP contribution is 2.25. The van der Waals surface area contributed by atoms with Gasteiger partial charge < -0.3 is 92.4 Å². The van der Waals surface area contributed by atoms with E-state index in [2.05, 4.69) is 101 Å². The first-order chi connectivity index (χ1) is 48.6. The molecule has 2 aliphatic carbocycles. The Morgan fingerprint density at radius 1 is 0.625 bits per heavy atom. The number of likely N-dealkylation sites (N-methyl/N-ethyl adjacent to an activating group) is 3. The van der Waals surface area contributed by atoms with Crippen molar-refractivity contribution in [1.82, 2.24) is 83.9 Å². The van der Waals surface area contributed by atoms with Crippen LogP contribution in [0.25, 0.3) is 0 Å². The van der Waals surface area contributed by atoms with Crippen molar-refractivity contribution in [1.29, 1.82) is 0 Å². The molecule has 4 aromatic heterocycles. The predicted molar refractivity (Wildman–Crippen MR) is 395 cm³/mol. The summed E-state index contributed by atoms with van der Waals surface area (Å²) in [5.74, 6) is 3.55. The van der Waals surface area contributed by atoms with Gasteiger partial charge in [-0.25, -0.2) is 14.6 Å². The lowest BCUT2D eigenvalue weighted by Gasteiger charge is -2.34. The number of carbonyl (C=O) groups is 3. The number of halogens is 3. The summed E-state index contributed by atoms with van der Waals surface area (Å²) in [6.45, 7) is 30.1. The smallest absolute Gasteiger partial charge is 0.415 e. The monoisotopic (exact) mass is 1540 g/mol. The molecule has 9 heterocycles. The number of aromatic nitrogens is 12. The molecule has 0 radical (unpaired) electrons. The Labute approximate surface area is 639 Å². The molecular weight excluding hydrogens is 1410 g/mol. The number of nitrogens with zero attached hydrogens (tertiary/aromatic N) is 17. The Hall–Kier alpha value is -6.46. The van der Waals surface area contributed by atoms with Crippen LogP contribution < -0.4 is 62.9 Å². The van der Waals surface area contributed by atoms with E-state index >= 15 is 0 Å². The number of carboxylic acids is 1. The predicted octanol–water partition coefficient (Wildman–Crippen LogP) is 2.84. The van der Waals surface area contributed by atoms with E-state index in [0.717, 1.165) is 121 Å². The third-order valence-corrected chi connectivity index (χ3v) is 16.0. The molecule has 0 spiro atoms. The minimum atomic E-state index is -1.02. The number of methoxy groups -OCH3 is 4. The molecule has 11 rings (SSSR count). The van der Waals surface area contributed by atoms with Crippen LogP contribution in [0.5, 0.6) is 24.0 Å². The fourth-order valence-electron chi connectivity index (χ4n) is 10.4. The van der Waals surface area contributed by atoms with Gasteiger partial charge in [0.1, 0.15) is 61.1 Å². The number of carboxylic acid groups (broad SMARTS) is 1. The average Bonchev–Trinajstić information content (AvgIpc) is 1.04. The fraction of sp³-hybridized carbons (Fsp3) is 0.754. The number of aliphatic carboxylic acids is 1. The number of esters is 1. The van der Waals surface area contributed by atoms with Crippen molar-refractivity contribution >= 4 is 47.5 Å². The number of aryl methyl sites for hydroxylation is 4. The maximum atomic E-state index is 11.6. The van der Waals surface area contributed by atoms with Gasteiger partial charge in [0.2, 0.25) is 11.2 Å². The Balaban J connectivity index is 0. The average molecular weight is 1540 g/mol. The molecule has 35 heteroatoms. The zero-order valence-electron chi connectivity index (χ0n) is 65.1. The van der Waals surface area contributed by atoms with Gasteiger partial charge in [0, 0.05) is 54.1 Å². The second-order valence-electron chi connectivity index (χ2n) is 25.2. The molecule has 1 atom stereocenters. The molecule has 7 aliphatic rings. The topological polar surface area (TPSA) is 340 Å². The van der Waals surface area contributed by atoms with Crippen LogP contribution in [-0.4, -0.2) is 278 Å². The van der Waals surface area contributed by atoms with E-state index in [4.69, 9.17) is 62.1 Å². The molecule has 4 aromatic rings. The molecule has 32 nitrogen and oxygen atoms in total. The lowest BCUT2D eigenvalue weighted by Crippen LogP contribution is -3.00. The van der Waals surface area contributed by atoms with Crippen LogP contribution in [0.15, 0.2) is 12.3 Å². The van der Waals surface area contributed by atoms with Gasteiger partial charge in [0.05, 0.1) is 102 Å². The Morgan fingerprint density at radius 2 is 1.01 bits per heavy atom. The van der Waals surface area contributed by atoms with Crippen molar-refractivity contribution in [2.45, 2.75) is 185 Å². The normalized spacial score (nSPS) is 18.1. The van der Waals surface area contributed by atoms with Gasteiger partial charge in [-0.1, -0.05) is 73.3 Å². The number of hydrogen-bond acceptors (Lipinski definition) is 28. The van der Waals surface area contributed by atoms with Gasteiger partial charge in [0.15, 0.2) is 0 Å². The summed E-state index contributed by atoms with van der Waals surface area (Å²) in [6, 6.07) is 2.29. The third kappa shape index (κ3) is 39.2. The molecule has 5 aliphatic heterocycles. The fourth-order valence-corrected chi connectivity index (χ4v) is 10.6. The molecule has 6 fully saturated rings. The van der Waals surface area contributed by atoms with Gasteiger partial charge in [0.25, 0.3) is 0 Å². The van der Waals surface area contributed by atoms with Crippen LogP contribution in [0.1, 0.15) is 160 Å². The molecule has 1 amide bonds. The number of rotatable bonds is 11. The lowest BCUT2D eigenvalue weighted by molar-refractivity contribution is -0.142. The largest absolute Gasteiger partial charge is 1.00 e. The van der Waals surface area contributed by atoms with Gasteiger partial charge >= 0.3 is 54.0 Å². The zero-order valence-corrected chi connectivity index (χ0v) is 65.4. The van der Waals surface area contributed by atoms with Crippen molar-refractivity contribution < 1.29 is 94.4 Å².